The summed E-state index contributed by atoms with van der Waals surface area (Å²) in [4.78, 5) is 11.6. The van der Waals surface area contributed by atoms with Crippen molar-refractivity contribution in [2.24, 2.45) is 0 Å². The molecule has 0 N–H and O–H groups in total. The third kappa shape index (κ3) is 2.96. The summed E-state index contributed by atoms with van der Waals surface area (Å²) in [5.41, 5.74) is 2.47. The molecule has 2 nitrogen and oxygen atoms in total. The lowest BCUT2D eigenvalue weighted by molar-refractivity contribution is -0.136. The van der Waals surface area contributed by atoms with E-state index in [0.717, 1.165) is 24.0 Å². The van der Waals surface area contributed by atoms with E-state index in [-0.39, 0.29) is 5.97 Å². The number of ether oxygens (including phenoxy) is 1. The van der Waals surface area contributed by atoms with E-state index in [9.17, 15) is 4.79 Å². The van der Waals surface area contributed by atoms with Crippen molar-refractivity contribution in [3.05, 3.63) is 42.0 Å². The molecular formula is C14H18O2. The number of rotatable bonds is 5. The van der Waals surface area contributed by atoms with E-state index in [1.54, 1.807) is 0 Å². The Morgan fingerprint density at radius 3 is 2.62 bits per heavy atom. The quantitative estimate of drug-likeness (QED) is 0.560. The third-order valence-corrected chi connectivity index (χ3v) is 2.41. The van der Waals surface area contributed by atoms with Gasteiger partial charge in [-0.05, 0) is 24.0 Å². The minimum atomic E-state index is -0.317. The molecule has 1 rings (SSSR count). The van der Waals surface area contributed by atoms with E-state index in [4.69, 9.17) is 4.74 Å². The molecule has 0 aliphatic carbocycles. The Morgan fingerprint density at radius 2 is 2.00 bits per heavy atom. The summed E-state index contributed by atoms with van der Waals surface area (Å²) >= 11 is 0. The Morgan fingerprint density at radius 1 is 1.31 bits per heavy atom. The largest absolute Gasteiger partial charge is 0.462 e. The van der Waals surface area contributed by atoms with Crippen LogP contribution in [0.25, 0.3) is 5.57 Å². The number of carbonyl (C=O) groups is 1. The molecule has 1 aromatic rings. The summed E-state index contributed by atoms with van der Waals surface area (Å²) in [5, 5.41) is 0. The van der Waals surface area contributed by atoms with Crippen molar-refractivity contribution in [1.82, 2.24) is 0 Å². The number of hydrogen-bond donors (Lipinski definition) is 0. The Bertz CT molecular complexity index is 380. The highest BCUT2D eigenvalue weighted by Crippen LogP contribution is 2.19. The fraction of sp³-hybridized carbons (Fsp3) is 0.357. The highest BCUT2D eigenvalue weighted by Gasteiger charge is 2.12. The molecule has 0 atom stereocenters. The van der Waals surface area contributed by atoms with Crippen LogP contribution in [-0.4, -0.2) is 12.6 Å². The maximum Gasteiger partial charge on any atom is 0.338 e. The lowest BCUT2D eigenvalue weighted by Crippen LogP contribution is -2.08. The third-order valence-electron chi connectivity index (χ3n) is 2.41. The molecule has 0 fully saturated rings. The monoisotopic (exact) mass is 218 g/mol. The van der Waals surface area contributed by atoms with Crippen molar-refractivity contribution >= 4 is 11.5 Å². The average Bonchev–Trinajstić information content (AvgIpc) is 2.34. The van der Waals surface area contributed by atoms with Gasteiger partial charge in [0, 0.05) is 0 Å². The first-order chi connectivity index (χ1) is 7.70. The van der Waals surface area contributed by atoms with Crippen molar-refractivity contribution in [3.63, 3.8) is 0 Å². The molecule has 0 heterocycles. The maximum absolute atomic E-state index is 11.6. The Kier molecular flexibility index (Phi) is 4.77. The van der Waals surface area contributed by atoms with Gasteiger partial charge in [-0.1, -0.05) is 44.7 Å². The number of esters is 1. The van der Waals surface area contributed by atoms with Crippen LogP contribution in [0.2, 0.25) is 0 Å². The van der Waals surface area contributed by atoms with Crippen LogP contribution in [0.15, 0.2) is 30.8 Å². The van der Waals surface area contributed by atoms with Crippen molar-refractivity contribution < 1.29 is 9.53 Å². The molecule has 0 spiro atoms. The van der Waals surface area contributed by atoms with Gasteiger partial charge in [-0.15, -0.1) is 0 Å². The standard InChI is InChI=1S/C14H18O2/c1-4-10-16-14(15)11(3)13-9-7-6-8-12(13)5-2/h6-9H,3-5,10H2,1-2H3. The molecule has 1 aromatic carbocycles. The molecule has 86 valence electrons. The second-order valence-electron chi connectivity index (χ2n) is 3.63. The van der Waals surface area contributed by atoms with Crippen molar-refractivity contribution in [2.75, 3.05) is 6.61 Å². The maximum atomic E-state index is 11.6. The molecule has 0 radical (unpaired) electrons. The minimum absolute atomic E-state index is 0.317. The molecule has 0 saturated heterocycles. The fourth-order valence-electron chi connectivity index (χ4n) is 1.51. The number of benzene rings is 1. The second-order valence-corrected chi connectivity index (χ2v) is 3.63. The van der Waals surface area contributed by atoms with E-state index in [1.807, 2.05) is 31.2 Å². The van der Waals surface area contributed by atoms with Crippen LogP contribution >= 0.6 is 0 Å². The first-order valence-electron chi connectivity index (χ1n) is 5.65. The molecule has 0 aliphatic heterocycles. The van der Waals surface area contributed by atoms with Crippen LogP contribution in [0, 0.1) is 0 Å². The first-order valence-corrected chi connectivity index (χ1v) is 5.65. The molecule has 0 bridgehead atoms. The number of aryl methyl sites for hydroxylation is 1. The second kappa shape index (κ2) is 6.11. The van der Waals surface area contributed by atoms with Crippen LogP contribution in [-0.2, 0) is 16.0 Å². The van der Waals surface area contributed by atoms with E-state index in [2.05, 4.69) is 13.5 Å². The minimum Gasteiger partial charge on any atom is -0.462 e. The topological polar surface area (TPSA) is 26.3 Å². The van der Waals surface area contributed by atoms with Gasteiger partial charge < -0.3 is 4.74 Å². The highest BCUT2D eigenvalue weighted by atomic mass is 16.5. The summed E-state index contributed by atoms with van der Waals surface area (Å²) < 4.78 is 5.07. The van der Waals surface area contributed by atoms with Crippen LogP contribution in [0.5, 0.6) is 0 Å². The van der Waals surface area contributed by atoms with Gasteiger partial charge in [0.1, 0.15) is 0 Å². The Labute approximate surface area is 96.9 Å². The highest BCUT2D eigenvalue weighted by molar-refractivity contribution is 6.16. The summed E-state index contributed by atoms with van der Waals surface area (Å²) in [5.74, 6) is -0.317. The Hall–Kier alpha value is -1.57. The predicted molar refractivity (Wildman–Crippen MR) is 66.1 cm³/mol. The van der Waals surface area contributed by atoms with Gasteiger partial charge in [0.05, 0.1) is 12.2 Å². The zero-order chi connectivity index (χ0) is 12.0. The summed E-state index contributed by atoms with van der Waals surface area (Å²) in [6.07, 6.45) is 1.71. The summed E-state index contributed by atoms with van der Waals surface area (Å²) in [7, 11) is 0. The smallest absolute Gasteiger partial charge is 0.338 e. The lowest BCUT2D eigenvalue weighted by atomic mass is 9.99. The van der Waals surface area contributed by atoms with Gasteiger partial charge >= 0.3 is 5.97 Å². The normalized spacial score (nSPS) is 9.88. The van der Waals surface area contributed by atoms with Crippen LogP contribution in [0.1, 0.15) is 31.4 Å². The molecule has 16 heavy (non-hydrogen) atoms. The molecular weight excluding hydrogens is 200 g/mol. The summed E-state index contributed by atoms with van der Waals surface area (Å²) in [6, 6.07) is 7.79. The van der Waals surface area contributed by atoms with E-state index in [1.165, 1.54) is 0 Å². The summed E-state index contributed by atoms with van der Waals surface area (Å²) in [6.45, 7) is 8.29. The zero-order valence-electron chi connectivity index (χ0n) is 9.95. The van der Waals surface area contributed by atoms with Gasteiger partial charge in [-0.3, -0.25) is 0 Å². The van der Waals surface area contributed by atoms with Crippen molar-refractivity contribution in [3.8, 4) is 0 Å². The van der Waals surface area contributed by atoms with E-state index in [0.29, 0.717) is 12.2 Å². The molecule has 0 saturated carbocycles. The number of carbonyl (C=O) groups excluding carboxylic acids is 1. The molecule has 0 aliphatic rings. The van der Waals surface area contributed by atoms with Gasteiger partial charge in [-0.25, -0.2) is 4.79 Å². The van der Waals surface area contributed by atoms with Crippen molar-refractivity contribution in [1.29, 1.82) is 0 Å². The Balaban J connectivity index is 2.83. The zero-order valence-corrected chi connectivity index (χ0v) is 9.95. The van der Waals surface area contributed by atoms with Gasteiger partial charge in [0.2, 0.25) is 0 Å². The molecule has 0 amide bonds. The average molecular weight is 218 g/mol. The van der Waals surface area contributed by atoms with E-state index >= 15 is 0 Å². The van der Waals surface area contributed by atoms with E-state index < -0.39 is 0 Å². The SMILES string of the molecule is C=C(C(=O)OCCC)c1ccccc1CC. The first kappa shape index (κ1) is 12.5. The fourth-order valence-corrected chi connectivity index (χ4v) is 1.51. The molecule has 2 heteroatoms. The van der Waals surface area contributed by atoms with Gasteiger partial charge in [0.25, 0.3) is 0 Å². The van der Waals surface area contributed by atoms with Gasteiger partial charge in [-0.2, -0.15) is 0 Å². The van der Waals surface area contributed by atoms with Crippen LogP contribution in [0.4, 0.5) is 0 Å². The van der Waals surface area contributed by atoms with Crippen molar-refractivity contribution in [2.45, 2.75) is 26.7 Å². The molecule has 0 unspecified atom stereocenters. The number of hydrogen-bond acceptors (Lipinski definition) is 2. The van der Waals surface area contributed by atoms with Crippen LogP contribution in [0.3, 0.4) is 0 Å². The lowest BCUT2D eigenvalue weighted by Gasteiger charge is -2.10. The molecule has 0 aromatic heterocycles. The van der Waals surface area contributed by atoms with Crippen LogP contribution < -0.4 is 0 Å². The predicted octanol–water partition coefficient (Wildman–Crippen LogP) is 3.22. The van der Waals surface area contributed by atoms with Gasteiger partial charge in [0.15, 0.2) is 0 Å².